The number of aromatic carboxylic acids is 1. The van der Waals surface area contributed by atoms with Crippen molar-refractivity contribution in [2.45, 2.75) is 6.42 Å². The summed E-state index contributed by atoms with van der Waals surface area (Å²) in [6.07, 6.45) is 1.09. The number of carbonyl (C=O) groups is 1. The molecule has 0 amide bonds. The number of hydrogen-bond acceptors (Lipinski definition) is 5. The maximum absolute atomic E-state index is 10.9. The summed E-state index contributed by atoms with van der Waals surface area (Å²) in [5.41, 5.74) is 0.242. The van der Waals surface area contributed by atoms with Gasteiger partial charge in [-0.25, -0.2) is 4.79 Å². The van der Waals surface area contributed by atoms with Gasteiger partial charge in [-0.05, 0) is 36.0 Å². The Morgan fingerprint density at radius 3 is 2.95 bits per heavy atom. The lowest BCUT2D eigenvalue weighted by molar-refractivity contribution is -0.384. The van der Waals surface area contributed by atoms with Gasteiger partial charge in [-0.1, -0.05) is 0 Å². The molecule has 1 saturated heterocycles. The summed E-state index contributed by atoms with van der Waals surface area (Å²) in [6, 6.07) is 3.80. The Morgan fingerprint density at radius 2 is 2.37 bits per heavy atom. The number of benzene rings is 1. The van der Waals surface area contributed by atoms with E-state index in [1.54, 1.807) is 0 Å². The minimum atomic E-state index is -1.09. The summed E-state index contributed by atoms with van der Waals surface area (Å²) in [5, 5.41) is 22.8. The smallest absolute Gasteiger partial charge is 0.335 e. The van der Waals surface area contributed by atoms with E-state index in [4.69, 9.17) is 5.11 Å². The Bertz CT molecular complexity index is 501. The van der Waals surface area contributed by atoms with E-state index in [2.05, 4.69) is 5.32 Å². The van der Waals surface area contributed by atoms with Crippen molar-refractivity contribution in [1.82, 2.24) is 0 Å². The molecule has 0 aromatic heterocycles. The van der Waals surface area contributed by atoms with Gasteiger partial charge >= 0.3 is 5.97 Å². The van der Waals surface area contributed by atoms with Gasteiger partial charge in [0.25, 0.3) is 5.69 Å². The average molecular weight is 282 g/mol. The number of nitro groups is 1. The number of nitro benzene ring substituents is 1. The normalized spacial score (nSPS) is 18.2. The van der Waals surface area contributed by atoms with Crippen molar-refractivity contribution in [2.75, 3.05) is 23.4 Å². The summed E-state index contributed by atoms with van der Waals surface area (Å²) >= 11 is 1.87. The number of thioether (sulfide) groups is 1. The van der Waals surface area contributed by atoms with E-state index in [-0.39, 0.29) is 16.9 Å². The second-order valence-electron chi connectivity index (χ2n) is 4.40. The first kappa shape index (κ1) is 13.7. The maximum atomic E-state index is 10.9. The molecule has 2 rings (SSSR count). The molecule has 1 fully saturated rings. The molecule has 1 unspecified atom stereocenters. The fourth-order valence-corrected chi connectivity index (χ4v) is 3.25. The highest BCUT2D eigenvalue weighted by Gasteiger charge is 2.19. The quantitative estimate of drug-likeness (QED) is 0.636. The van der Waals surface area contributed by atoms with E-state index in [0.29, 0.717) is 12.5 Å². The summed E-state index contributed by atoms with van der Waals surface area (Å²) < 4.78 is 0. The number of hydrogen-bond donors (Lipinski definition) is 2. The number of anilines is 1. The topological polar surface area (TPSA) is 92.5 Å². The van der Waals surface area contributed by atoms with Gasteiger partial charge in [-0.3, -0.25) is 10.1 Å². The van der Waals surface area contributed by atoms with Crippen LogP contribution in [-0.4, -0.2) is 34.0 Å². The predicted octanol–water partition coefficient (Wildman–Crippen LogP) is 2.46. The Kier molecular flexibility index (Phi) is 4.26. The minimum Gasteiger partial charge on any atom is -0.478 e. The second kappa shape index (κ2) is 5.92. The SMILES string of the molecule is O=C(O)c1ccc([N+](=O)[O-])c(NCC2CCSC2)c1. The van der Waals surface area contributed by atoms with Gasteiger partial charge in [0, 0.05) is 12.6 Å². The van der Waals surface area contributed by atoms with Gasteiger partial charge in [0.15, 0.2) is 0 Å². The van der Waals surface area contributed by atoms with Crippen LogP contribution in [0.15, 0.2) is 18.2 Å². The van der Waals surface area contributed by atoms with Crippen LogP contribution in [0, 0.1) is 16.0 Å². The largest absolute Gasteiger partial charge is 0.478 e. The Labute approximate surface area is 114 Å². The van der Waals surface area contributed by atoms with Crippen LogP contribution in [0.4, 0.5) is 11.4 Å². The van der Waals surface area contributed by atoms with E-state index in [1.807, 2.05) is 11.8 Å². The van der Waals surface area contributed by atoms with Gasteiger partial charge in [0.05, 0.1) is 10.5 Å². The first-order valence-corrected chi connectivity index (χ1v) is 7.06. The first-order valence-electron chi connectivity index (χ1n) is 5.91. The van der Waals surface area contributed by atoms with Gasteiger partial charge in [0.2, 0.25) is 0 Å². The highest BCUT2D eigenvalue weighted by atomic mass is 32.2. The van der Waals surface area contributed by atoms with Gasteiger partial charge in [-0.2, -0.15) is 11.8 Å². The highest BCUT2D eigenvalue weighted by Crippen LogP contribution is 2.28. The number of carboxylic acid groups (broad SMARTS) is 1. The summed E-state index contributed by atoms with van der Waals surface area (Å²) in [4.78, 5) is 21.3. The molecule has 1 atom stereocenters. The zero-order chi connectivity index (χ0) is 13.8. The molecule has 1 aliphatic heterocycles. The highest BCUT2D eigenvalue weighted by molar-refractivity contribution is 7.99. The molecule has 0 radical (unpaired) electrons. The van der Waals surface area contributed by atoms with Crippen LogP contribution in [0.3, 0.4) is 0 Å². The summed E-state index contributed by atoms with van der Waals surface area (Å²) in [5.74, 6) is 1.55. The fourth-order valence-electron chi connectivity index (χ4n) is 1.97. The van der Waals surface area contributed by atoms with E-state index < -0.39 is 10.9 Å². The lowest BCUT2D eigenvalue weighted by Crippen LogP contribution is -2.14. The molecule has 1 aromatic carbocycles. The van der Waals surface area contributed by atoms with E-state index in [1.165, 1.54) is 18.2 Å². The van der Waals surface area contributed by atoms with Crippen LogP contribution in [0.25, 0.3) is 0 Å². The van der Waals surface area contributed by atoms with Crippen LogP contribution in [0.5, 0.6) is 0 Å². The molecule has 1 heterocycles. The van der Waals surface area contributed by atoms with Crippen LogP contribution in [0.2, 0.25) is 0 Å². The second-order valence-corrected chi connectivity index (χ2v) is 5.55. The molecule has 6 nitrogen and oxygen atoms in total. The Hall–Kier alpha value is -1.76. The van der Waals surface area contributed by atoms with E-state index in [0.717, 1.165) is 17.9 Å². The minimum absolute atomic E-state index is 0.0499. The number of nitrogens with zero attached hydrogens (tertiary/aromatic N) is 1. The van der Waals surface area contributed by atoms with Gasteiger partial charge in [-0.15, -0.1) is 0 Å². The van der Waals surface area contributed by atoms with E-state index >= 15 is 0 Å². The van der Waals surface area contributed by atoms with Crippen LogP contribution in [-0.2, 0) is 0 Å². The van der Waals surface area contributed by atoms with Crippen molar-refractivity contribution >= 4 is 29.1 Å². The molecule has 0 bridgehead atoms. The van der Waals surface area contributed by atoms with Gasteiger partial charge in [0.1, 0.15) is 5.69 Å². The standard InChI is InChI=1S/C12H14N2O4S/c15-12(16)9-1-2-11(14(17)18)10(5-9)13-6-8-3-4-19-7-8/h1-2,5,8,13H,3-4,6-7H2,(H,15,16). The summed E-state index contributed by atoms with van der Waals surface area (Å²) in [6.45, 7) is 0.636. The van der Waals surface area contributed by atoms with Gasteiger partial charge < -0.3 is 10.4 Å². The summed E-state index contributed by atoms with van der Waals surface area (Å²) in [7, 11) is 0. The van der Waals surface area contributed by atoms with E-state index in [9.17, 15) is 14.9 Å². The van der Waals surface area contributed by atoms with Crippen LogP contribution < -0.4 is 5.32 Å². The number of carboxylic acids is 1. The molecule has 19 heavy (non-hydrogen) atoms. The molecule has 7 heteroatoms. The first-order chi connectivity index (χ1) is 9.08. The maximum Gasteiger partial charge on any atom is 0.335 e. The molecular formula is C12H14N2O4S. The molecule has 0 aliphatic carbocycles. The third kappa shape index (κ3) is 3.37. The molecule has 1 aliphatic rings. The number of rotatable bonds is 5. The molecule has 102 valence electrons. The fraction of sp³-hybridized carbons (Fsp3) is 0.417. The monoisotopic (exact) mass is 282 g/mol. The van der Waals surface area contributed by atoms with Crippen LogP contribution >= 0.6 is 11.8 Å². The molecular weight excluding hydrogens is 268 g/mol. The van der Waals surface area contributed by atoms with Crippen molar-refractivity contribution in [1.29, 1.82) is 0 Å². The zero-order valence-electron chi connectivity index (χ0n) is 10.2. The Morgan fingerprint density at radius 1 is 1.58 bits per heavy atom. The Balaban J connectivity index is 2.16. The van der Waals surface area contributed by atoms with Crippen molar-refractivity contribution in [3.8, 4) is 0 Å². The lowest BCUT2D eigenvalue weighted by Gasteiger charge is -2.11. The zero-order valence-corrected chi connectivity index (χ0v) is 11.0. The third-order valence-corrected chi connectivity index (χ3v) is 4.28. The lowest BCUT2D eigenvalue weighted by atomic mass is 10.1. The van der Waals surface area contributed by atoms with Crippen molar-refractivity contribution in [2.24, 2.45) is 5.92 Å². The molecule has 0 saturated carbocycles. The number of nitrogens with one attached hydrogen (secondary N) is 1. The molecule has 2 N–H and O–H groups in total. The van der Waals surface area contributed by atoms with Crippen molar-refractivity contribution in [3.05, 3.63) is 33.9 Å². The third-order valence-electron chi connectivity index (χ3n) is 3.05. The molecule has 0 spiro atoms. The molecule has 1 aromatic rings. The average Bonchev–Trinajstić information content (AvgIpc) is 2.88. The van der Waals surface area contributed by atoms with Crippen molar-refractivity contribution < 1.29 is 14.8 Å². The van der Waals surface area contributed by atoms with Crippen LogP contribution in [0.1, 0.15) is 16.8 Å². The van der Waals surface area contributed by atoms with Crippen molar-refractivity contribution in [3.63, 3.8) is 0 Å². The predicted molar refractivity (Wildman–Crippen MR) is 74.0 cm³/mol.